The van der Waals surface area contributed by atoms with Crippen molar-refractivity contribution in [2.24, 2.45) is 0 Å². The second kappa shape index (κ2) is 5.19. The molecule has 2 nitrogen and oxygen atoms in total. The second-order valence-electron chi connectivity index (χ2n) is 4.43. The van der Waals surface area contributed by atoms with Crippen molar-refractivity contribution in [1.82, 2.24) is 0 Å². The Morgan fingerprint density at radius 1 is 1.50 bits per heavy atom. The van der Waals surface area contributed by atoms with E-state index in [1.165, 1.54) is 24.1 Å². The Morgan fingerprint density at radius 3 is 3.00 bits per heavy atom. The molecule has 0 radical (unpaired) electrons. The van der Waals surface area contributed by atoms with Crippen LogP contribution in [0, 0.1) is 6.92 Å². The van der Waals surface area contributed by atoms with E-state index >= 15 is 0 Å². The van der Waals surface area contributed by atoms with Crippen molar-refractivity contribution in [3.63, 3.8) is 0 Å². The van der Waals surface area contributed by atoms with Gasteiger partial charge in [-0.3, -0.25) is 0 Å². The minimum absolute atomic E-state index is 0.288. The molecule has 88 valence electrons. The van der Waals surface area contributed by atoms with E-state index < -0.39 is 0 Å². The molecule has 0 saturated carbocycles. The molecule has 0 bridgehead atoms. The molecule has 1 aromatic carbocycles. The fourth-order valence-corrected chi connectivity index (χ4v) is 3.02. The summed E-state index contributed by atoms with van der Waals surface area (Å²) in [5, 5.41) is 9.07. The largest absolute Gasteiger partial charge is 0.396 e. The lowest BCUT2D eigenvalue weighted by Crippen LogP contribution is -2.30. The molecule has 0 aliphatic carbocycles. The predicted molar refractivity (Wildman–Crippen MR) is 70.9 cm³/mol. The third-order valence-electron chi connectivity index (χ3n) is 3.31. The van der Waals surface area contributed by atoms with Gasteiger partial charge in [-0.2, -0.15) is 0 Å². The van der Waals surface area contributed by atoms with E-state index in [-0.39, 0.29) is 6.61 Å². The van der Waals surface area contributed by atoms with Gasteiger partial charge in [0.25, 0.3) is 0 Å². The highest BCUT2D eigenvalue weighted by atomic mass is 79.9. The highest BCUT2D eigenvalue weighted by Gasteiger charge is 2.24. The van der Waals surface area contributed by atoms with E-state index in [1.807, 2.05) is 0 Å². The second-order valence-corrected chi connectivity index (χ2v) is 5.35. The molecule has 16 heavy (non-hydrogen) atoms. The predicted octanol–water partition coefficient (Wildman–Crippen LogP) is 3.11. The minimum atomic E-state index is 0.288. The number of hydrogen-bond acceptors (Lipinski definition) is 2. The molecule has 1 saturated heterocycles. The van der Waals surface area contributed by atoms with Crippen molar-refractivity contribution in [2.45, 2.75) is 32.2 Å². The molecule has 1 aliphatic heterocycles. The van der Waals surface area contributed by atoms with Crippen molar-refractivity contribution >= 4 is 21.6 Å². The maximum atomic E-state index is 9.07. The van der Waals surface area contributed by atoms with Gasteiger partial charge in [0, 0.05) is 29.4 Å². The van der Waals surface area contributed by atoms with Gasteiger partial charge in [-0.15, -0.1) is 0 Å². The number of aliphatic hydroxyl groups is 1. The zero-order valence-corrected chi connectivity index (χ0v) is 11.2. The van der Waals surface area contributed by atoms with Gasteiger partial charge in [-0.25, -0.2) is 0 Å². The molecular formula is C13H18BrNO. The molecule has 1 fully saturated rings. The van der Waals surface area contributed by atoms with Gasteiger partial charge in [0.15, 0.2) is 0 Å². The first kappa shape index (κ1) is 11.9. The average molecular weight is 284 g/mol. The topological polar surface area (TPSA) is 23.5 Å². The highest BCUT2D eigenvalue weighted by molar-refractivity contribution is 9.10. The van der Waals surface area contributed by atoms with Crippen molar-refractivity contribution in [3.8, 4) is 0 Å². The van der Waals surface area contributed by atoms with E-state index in [9.17, 15) is 0 Å². The lowest BCUT2D eigenvalue weighted by atomic mass is 10.1. The smallest absolute Gasteiger partial charge is 0.0450 e. The normalized spacial score (nSPS) is 20.4. The number of aliphatic hydroxyl groups excluding tert-OH is 1. The molecule has 3 heteroatoms. The van der Waals surface area contributed by atoms with Crippen LogP contribution in [-0.4, -0.2) is 24.3 Å². The van der Waals surface area contributed by atoms with Gasteiger partial charge in [0.2, 0.25) is 0 Å². The zero-order chi connectivity index (χ0) is 11.5. The molecule has 2 rings (SSSR count). The average Bonchev–Trinajstić information content (AvgIpc) is 2.67. The number of rotatable bonds is 3. The molecule has 1 aromatic rings. The summed E-state index contributed by atoms with van der Waals surface area (Å²) in [7, 11) is 0. The summed E-state index contributed by atoms with van der Waals surface area (Å²) in [5.41, 5.74) is 2.62. The molecule has 0 amide bonds. The summed E-state index contributed by atoms with van der Waals surface area (Å²) in [6.45, 7) is 3.55. The monoisotopic (exact) mass is 283 g/mol. The first-order chi connectivity index (χ1) is 7.72. The van der Waals surface area contributed by atoms with E-state index in [1.54, 1.807) is 0 Å². The Bertz CT molecular complexity index is 367. The van der Waals surface area contributed by atoms with Crippen molar-refractivity contribution in [3.05, 3.63) is 28.2 Å². The summed E-state index contributed by atoms with van der Waals surface area (Å²) >= 11 is 3.49. The Morgan fingerprint density at radius 2 is 2.31 bits per heavy atom. The summed E-state index contributed by atoms with van der Waals surface area (Å²) < 4.78 is 1.13. The minimum Gasteiger partial charge on any atom is -0.396 e. The van der Waals surface area contributed by atoms with Crippen LogP contribution in [-0.2, 0) is 0 Å². The molecule has 1 aliphatic rings. The maximum absolute atomic E-state index is 9.07. The van der Waals surface area contributed by atoms with Crippen LogP contribution < -0.4 is 4.90 Å². The number of hydrogen-bond donors (Lipinski definition) is 1. The van der Waals surface area contributed by atoms with Gasteiger partial charge < -0.3 is 10.0 Å². The Kier molecular flexibility index (Phi) is 3.87. The quantitative estimate of drug-likeness (QED) is 0.922. The van der Waals surface area contributed by atoms with E-state index in [4.69, 9.17) is 5.11 Å². The molecule has 0 spiro atoms. The Balaban J connectivity index is 2.22. The van der Waals surface area contributed by atoms with Crippen molar-refractivity contribution in [1.29, 1.82) is 0 Å². The SMILES string of the molecule is Cc1cc(Br)ccc1N1CCCC1CCO. The number of halogens is 1. The molecule has 1 atom stereocenters. The fraction of sp³-hybridized carbons (Fsp3) is 0.538. The summed E-state index contributed by atoms with van der Waals surface area (Å²) in [6.07, 6.45) is 3.33. The summed E-state index contributed by atoms with van der Waals surface area (Å²) in [4.78, 5) is 2.44. The van der Waals surface area contributed by atoms with Crippen LogP contribution in [0.5, 0.6) is 0 Å². The van der Waals surface area contributed by atoms with Crippen LogP contribution in [0.4, 0.5) is 5.69 Å². The Hall–Kier alpha value is -0.540. The lowest BCUT2D eigenvalue weighted by molar-refractivity contribution is 0.276. The highest BCUT2D eigenvalue weighted by Crippen LogP contribution is 2.31. The van der Waals surface area contributed by atoms with Gasteiger partial charge in [-0.05, 0) is 49.9 Å². The van der Waals surface area contributed by atoms with Crippen LogP contribution in [0.1, 0.15) is 24.8 Å². The van der Waals surface area contributed by atoms with Gasteiger partial charge in [0.05, 0.1) is 0 Å². The molecule has 1 N–H and O–H groups in total. The fourth-order valence-electron chi connectivity index (χ4n) is 2.54. The third kappa shape index (κ3) is 2.41. The third-order valence-corrected chi connectivity index (χ3v) is 3.80. The van der Waals surface area contributed by atoms with Crippen LogP contribution in [0.15, 0.2) is 22.7 Å². The zero-order valence-electron chi connectivity index (χ0n) is 9.62. The number of aryl methyl sites for hydroxylation is 1. The number of anilines is 1. The van der Waals surface area contributed by atoms with E-state index in [0.717, 1.165) is 17.4 Å². The van der Waals surface area contributed by atoms with Crippen LogP contribution in [0.3, 0.4) is 0 Å². The number of benzene rings is 1. The van der Waals surface area contributed by atoms with Crippen LogP contribution >= 0.6 is 15.9 Å². The molecule has 0 aromatic heterocycles. The molecule has 1 heterocycles. The van der Waals surface area contributed by atoms with Gasteiger partial charge in [0.1, 0.15) is 0 Å². The van der Waals surface area contributed by atoms with E-state index in [0.29, 0.717) is 6.04 Å². The first-order valence-corrected chi connectivity index (χ1v) is 6.65. The molecular weight excluding hydrogens is 266 g/mol. The standard InChI is InChI=1S/C13H18BrNO/c1-10-9-11(14)4-5-13(10)15-7-2-3-12(15)6-8-16/h4-5,9,12,16H,2-3,6-8H2,1H3. The van der Waals surface area contributed by atoms with Crippen LogP contribution in [0.2, 0.25) is 0 Å². The van der Waals surface area contributed by atoms with Crippen molar-refractivity contribution in [2.75, 3.05) is 18.1 Å². The lowest BCUT2D eigenvalue weighted by Gasteiger charge is -2.28. The van der Waals surface area contributed by atoms with Gasteiger partial charge >= 0.3 is 0 Å². The summed E-state index contributed by atoms with van der Waals surface area (Å²) in [6, 6.07) is 6.94. The Labute approximate surface area is 105 Å². The number of nitrogens with zero attached hydrogens (tertiary/aromatic N) is 1. The summed E-state index contributed by atoms with van der Waals surface area (Å²) in [5.74, 6) is 0. The van der Waals surface area contributed by atoms with E-state index in [2.05, 4.69) is 46.0 Å². The first-order valence-electron chi connectivity index (χ1n) is 5.86. The van der Waals surface area contributed by atoms with Gasteiger partial charge in [-0.1, -0.05) is 15.9 Å². The maximum Gasteiger partial charge on any atom is 0.0450 e. The molecule has 1 unspecified atom stereocenters. The van der Waals surface area contributed by atoms with Crippen molar-refractivity contribution < 1.29 is 5.11 Å². The van der Waals surface area contributed by atoms with Crippen LogP contribution in [0.25, 0.3) is 0 Å².